The molecule has 1 saturated carbocycles. The molecule has 0 aromatic rings. The Kier molecular flexibility index (Phi) is 2.99. The van der Waals surface area contributed by atoms with Gasteiger partial charge in [0.25, 0.3) is 0 Å². The summed E-state index contributed by atoms with van der Waals surface area (Å²) < 4.78 is 0. The minimum absolute atomic E-state index is 0.0106. The van der Waals surface area contributed by atoms with Gasteiger partial charge in [-0.25, -0.2) is 0 Å². The maximum absolute atomic E-state index is 12.1. The van der Waals surface area contributed by atoms with Crippen LogP contribution < -0.4 is 10.6 Å². The summed E-state index contributed by atoms with van der Waals surface area (Å²) in [6, 6.07) is -0.0106. The maximum Gasteiger partial charge on any atom is 0.237 e. The average molecular weight is 224 g/mol. The SMILES string of the molecule is CC1(CNC(=O)C2NCCCC2(C)C)CC1. The number of amides is 1. The second-order valence-corrected chi connectivity index (χ2v) is 6.51. The second kappa shape index (κ2) is 4.02. The molecule has 2 aliphatic rings. The molecule has 1 aliphatic heterocycles. The predicted octanol–water partition coefficient (Wildman–Crippen LogP) is 1.68. The van der Waals surface area contributed by atoms with Crippen molar-refractivity contribution in [1.29, 1.82) is 0 Å². The lowest BCUT2D eigenvalue weighted by atomic mass is 9.77. The van der Waals surface area contributed by atoms with E-state index in [1.165, 1.54) is 19.3 Å². The van der Waals surface area contributed by atoms with Gasteiger partial charge in [-0.05, 0) is 43.1 Å². The number of carbonyl (C=O) groups is 1. The summed E-state index contributed by atoms with van der Waals surface area (Å²) >= 11 is 0. The molecule has 2 rings (SSSR count). The summed E-state index contributed by atoms with van der Waals surface area (Å²) in [6.45, 7) is 8.43. The van der Waals surface area contributed by atoms with E-state index >= 15 is 0 Å². The van der Waals surface area contributed by atoms with Crippen molar-refractivity contribution in [3.63, 3.8) is 0 Å². The summed E-state index contributed by atoms with van der Waals surface area (Å²) in [7, 11) is 0. The molecule has 1 atom stereocenters. The predicted molar refractivity (Wildman–Crippen MR) is 65.2 cm³/mol. The van der Waals surface area contributed by atoms with E-state index in [1.54, 1.807) is 0 Å². The molecule has 1 unspecified atom stereocenters. The molecule has 0 aromatic carbocycles. The third-order valence-electron chi connectivity index (χ3n) is 4.18. The Morgan fingerprint density at radius 3 is 2.56 bits per heavy atom. The highest BCUT2D eigenvalue weighted by Gasteiger charge is 2.40. The zero-order chi connectivity index (χ0) is 11.8. The Balaban J connectivity index is 1.87. The van der Waals surface area contributed by atoms with Gasteiger partial charge in [-0.15, -0.1) is 0 Å². The van der Waals surface area contributed by atoms with Gasteiger partial charge >= 0.3 is 0 Å². The van der Waals surface area contributed by atoms with Gasteiger partial charge in [0.1, 0.15) is 0 Å². The molecule has 1 aliphatic carbocycles. The molecular weight excluding hydrogens is 200 g/mol. The zero-order valence-electron chi connectivity index (χ0n) is 10.7. The van der Waals surface area contributed by atoms with Gasteiger partial charge in [0.2, 0.25) is 5.91 Å². The quantitative estimate of drug-likeness (QED) is 0.766. The lowest BCUT2D eigenvalue weighted by Crippen LogP contribution is -2.56. The summed E-state index contributed by atoms with van der Waals surface area (Å²) in [5, 5.41) is 6.46. The van der Waals surface area contributed by atoms with Crippen molar-refractivity contribution in [3.05, 3.63) is 0 Å². The van der Waals surface area contributed by atoms with Crippen molar-refractivity contribution in [2.24, 2.45) is 10.8 Å². The summed E-state index contributed by atoms with van der Waals surface area (Å²) in [5.74, 6) is 0.192. The zero-order valence-corrected chi connectivity index (χ0v) is 10.7. The van der Waals surface area contributed by atoms with E-state index < -0.39 is 0 Å². The first-order chi connectivity index (χ1) is 7.43. The number of hydrogen-bond acceptors (Lipinski definition) is 2. The Bertz CT molecular complexity index is 282. The van der Waals surface area contributed by atoms with E-state index in [4.69, 9.17) is 0 Å². The summed E-state index contributed by atoms with van der Waals surface area (Å²) in [5.41, 5.74) is 0.487. The van der Waals surface area contributed by atoms with Gasteiger partial charge in [0.05, 0.1) is 6.04 Å². The lowest BCUT2D eigenvalue weighted by Gasteiger charge is -2.38. The van der Waals surface area contributed by atoms with Crippen LogP contribution >= 0.6 is 0 Å². The second-order valence-electron chi connectivity index (χ2n) is 6.51. The molecular formula is C13H24N2O. The summed E-state index contributed by atoms with van der Waals surface area (Å²) in [6.07, 6.45) is 4.83. The van der Waals surface area contributed by atoms with Crippen molar-refractivity contribution in [2.75, 3.05) is 13.1 Å². The lowest BCUT2D eigenvalue weighted by molar-refractivity contribution is -0.127. The van der Waals surface area contributed by atoms with Crippen molar-refractivity contribution in [3.8, 4) is 0 Å². The van der Waals surface area contributed by atoms with Gasteiger partial charge in [0.15, 0.2) is 0 Å². The third-order valence-corrected chi connectivity index (χ3v) is 4.18. The fraction of sp³-hybridized carbons (Fsp3) is 0.923. The van der Waals surface area contributed by atoms with E-state index in [1.807, 2.05) is 0 Å². The van der Waals surface area contributed by atoms with Crippen LogP contribution in [-0.2, 0) is 4.79 Å². The van der Waals surface area contributed by atoms with Crippen LogP contribution in [0.2, 0.25) is 0 Å². The van der Waals surface area contributed by atoms with Crippen molar-refractivity contribution < 1.29 is 4.79 Å². The smallest absolute Gasteiger partial charge is 0.237 e. The van der Waals surface area contributed by atoms with Gasteiger partial charge in [-0.1, -0.05) is 20.8 Å². The maximum atomic E-state index is 12.1. The fourth-order valence-electron chi connectivity index (χ4n) is 2.45. The largest absolute Gasteiger partial charge is 0.354 e. The van der Waals surface area contributed by atoms with Gasteiger partial charge < -0.3 is 10.6 Å². The highest BCUT2D eigenvalue weighted by Crippen LogP contribution is 2.44. The number of piperidine rings is 1. The van der Waals surface area contributed by atoms with Gasteiger partial charge in [-0.3, -0.25) is 4.79 Å². The topological polar surface area (TPSA) is 41.1 Å². The van der Waals surface area contributed by atoms with Crippen molar-refractivity contribution in [1.82, 2.24) is 10.6 Å². The minimum atomic E-state index is -0.0106. The molecule has 2 N–H and O–H groups in total. The van der Waals surface area contributed by atoms with Crippen molar-refractivity contribution >= 4 is 5.91 Å². The molecule has 1 amide bonds. The summed E-state index contributed by atoms with van der Waals surface area (Å²) in [4.78, 5) is 12.1. The Morgan fingerprint density at radius 2 is 2.00 bits per heavy atom. The molecule has 1 heterocycles. The first-order valence-corrected chi connectivity index (χ1v) is 6.44. The Labute approximate surface area is 98.4 Å². The van der Waals surface area contributed by atoms with Crippen molar-refractivity contribution in [2.45, 2.75) is 52.5 Å². The number of hydrogen-bond donors (Lipinski definition) is 2. The van der Waals surface area contributed by atoms with E-state index in [2.05, 4.69) is 31.4 Å². The van der Waals surface area contributed by atoms with E-state index in [0.717, 1.165) is 19.5 Å². The number of nitrogens with one attached hydrogen (secondary N) is 2. The molecule has 2 fully saturated rings. The number of carbonyl (C=O) groups excluding carboxylic acids is 1. The first-order valence-electron chi connectivity index (χ1n) is 6.44. The van der Waals surface area contributed by atoms with Crippen LogP contribution in [0.4, 0.5) is 0 Å². The average Bonchev–Trinajstić information content (AvgIpc) is 2.93. The Hall–Kier alpha value is -0.570. The molecule has 16 heavy (non-hydrogen) atoms. The van der Waals surface area contributed by atoms with E-state index in [0.29, 0.717) is 5.41 Å². The molecule has 0 bridgehead atoms. The van der Waals surface area contributed by atoms with Crippen LogP contribution in [-0.4, -0.2) is 25.0 Å². The van der Waals surface area contributed by atoms with Crippen LogP contribution in [0.1, 0.15) is 46.5 Å². The standard InChI is InChI=1S/C13H24N2O/c1-12(2)5-4-8-14-10(12)11(16)15-9-13(3)6-7-13/h10,14H,4-9H2,1-3H3,(H,15,16). The molecule has 92 valence electrons. The molecule has 3 nitrogen and oxygen atoms in total. The highest BCUT2D eigenvalue weighted by molar-refractivity contribution is 5.82. The first kappa shape index (κ1) is 11.9. The van der Waals surface area contributed by atoms with Crippen LogP contribution in [0.15, 0.2) is 0 Å². The molecule has 3 heteroatoms. The molecule has 0 aromatic heterocycles. The van der Waals surface area contributed by atoms with E-state index in [9.17, 15) is 4.79 Å². The number of rotatable bonds is 3. The highest BCUT2D eigenvalue weighted by atomic mass is 16.2. The van der Waals surface area contributed by atoms with Crippen LogP contribution in [0.3, 0.4) is 0 Å². The van der Waals surface area contributed by atoms with Crippen LogP contribution in [0.5, 0.6) is 0 Å². The van der Waals surface area contributed by atoms with Gasteiger partial charge in [0, 0.05) is 6.54 Å². The molecule has 0 radical (unpaired) electrons. The molecule has 1 saturated heterocycles. The monoisotopic (exact) mass is 224 g/mol. The fourth-order valence-corrected chi connectivity index (χ4v) is 2.45. The van der Waals surface area contributed by atoms with Crippen LogP contribution in [0.25, 0.3) is 0 Å². The Morgan fingerprint density at radius 1 is 1.31 bits per heavy atom. The third kappa shape index (κ3) is 2.57. The minimum Gasteiger partial charge on any atom is -0.354 e. The normalized spacial score (nSPS) is 30.8. The molecule has 0 spiro atoms. The van der Waals surface area contributed by atoms with Gasteiger partial charge in [-0.2, -0.15) is 0 Å². The van der Waals surface area contributed by atoms with Crippen LogP contribution in [0, 0.1) is 10.8 Å². The van der Waals surface area contributed by atoms with E-state index in [-0.39, 0.29) is 17.4 Å².